The predicted octanol–water partition coefficient (Wildman–Crippen LogP) is 5.67. The van der Waals surface area contributed by atoms with Crippen molar-refractivity contribution in [1.29, 1.82) is 0 Å². The molecule has 1 atom stereocenters. The van der Waals surface area contributed by atoms with Crippen molar-refractivity contribution in [2.45, 2.75) is 25.9 Å². The second-order valence-electron chi connectivity index (χ2n) is 8.06. The summed E-state index contributed by atoms with van der Waals surface area (Å²) >= 11 is 0. The quantitative estimate of drug-likeness (QED) is 0.333. The lowest BCUT2D eigenvalue weighted by Crippen LogP contribution is -2.12. The van der Waals surface area contributed by atoms with Crippen molar-refractivity contribution < 1.29 is 19.4 Å². The molecule has 0 saturated heterocycles. The zero-order valence-electron chi connectivity index (χ0n) is 19.3. The fourth-order valence-corrected chi connectivity index (χ4v) is 3.93. The van der Waals surface area contributed by atoms with E-state index in [2.05, 4.69) is 35.3 Å². The molecule has 1 N–H and O–H groups in total. The molecule has 0 unspecified atom stereocenters. The summed E-state index contributed by atoms with van der Waals surface area (Å²) in [6.07, 6.45) is 3.48. The van der Waals surface area contributed by atoms with Gasteiger partial charge in [-0.15, -0.1) is 0 Å². The van der Waals surface area contributed by atoms with E-state index in [9.17, 15) is 9.90 Å². The van der Waals surface area contributed by atoms with Gasteiger partial charge in [-0.2, -0.15) is 0 Å². The lowest BCUT2D eigenvalue weighted by atomic mass is 9.94. The molecule has 3 aromatic carbocycles. The molecule has 0 aliphatic rings. The molecule has 0 aliphatic carbocycles. The van der Waals surface area contributed by atoms with E-state index in [-0.39, 0.29) is 12.3 Å². The van der Waals surface area contributed by atoms with Gasteiger partial charge in [-0.1, -0.05) is 48.5 Å². The third-order valence-corrected chi connectivity index (χ3v) is 5.67. The van der Waals surface area contributed by atoms with Crippen molar-refractivity contribution >= 4 is 5.97 Å². The molecule has 0 fully saturated rings. The van der Waals surface area contributed by atoms with Crippen molar-refractivity contribution in [3.8, 4) is 22.6 Å². The molecule has 4 rings (SSSR count). The number of benzene rings is 3. The third-order valence-electron chi connectivity index (χ3n) is 5.67. The molecule has 0 spiro atoms. The molecule has 6 heteroatoms. The first-order valence-corrected chi connectivity index (χ1v) is 11.3. The molecular formula is C28H28N2O4. The van der Waals surface area contributed by atoms with Crippen LogP contribution in [0.15, 0.2) is 85.2 Å². The lowest BCUT2D eigenvalue weighted by molar-refractivity contribution is -0.137. The van der Waals surface area contributed by atoms with Crippen LogP contribution in [0.5, 0.6) is 11.5 Å². The van der Waals surface area contributed by atoms with Gasteiger partial charge in [0.1, 0.15) is 23.9 Å². The maximum atomic E-state index is 11.4. The van der Waals surface area contributed by atoms with Gasteiger partial charge < -0.3 is 19.1 Å². The number of aromatic nitrogens is 2. The number of imidazole rings is 1. The molecule has 6 nitrogen and oxygen atoms in total. The Morgan fingerprint density at radius 3 is 2.38 bits per heavy atom. The zero-order chi connectivity index (χ0) is 23.9. The summed E-state index contributed by atoms with van der Waals surface area (Å²) in [6, 6.07) is 23.9. The van der Waals surface area contributed by atoms with Gasteiger partial charge in [-0.3, -0.25) is 4.79 Å². The summed E-state index contributed by atoms with van der Waals surface area (Å²) in [5.41, 5.74) is 4.18. The average molecular weight is 457 g/mol. The number of ether oxygens (including phenoxy) is 2. The van der Waals surface area contributed by atoms with Crippen LogP contribution in [0.4, 0.5) is 0 Å². The number of carboxylic acid groups (broad SMARTS) is 1. The van der Waals surface area contributed by atoms with E-state index >= 15 is 0 Å². The first-order valence-electron chi connectivity index (χ1n) is 11.3. The Labute approximate surface area is 199 Å². The van der Waals surface area contributed by atoms with Crippen LogP contribution < -0.4 is 9.47 Å². The van der Waals surface area contributed by atoms with Crippen molar-refractivity contribution in [3.63, 3.8) is 0 Å². The molecule has 0 aliphatic heterocycles. The van der Waals surface area contributed by atoms with Gasteiger partial charge in [0, 0.05) is 19.4 Å². The predicted molar refractivity (Wildman–Crippen MR) is 131 cm³/mol. The lowest BCUT2D eigenvalue weighted by Gasteiger charge is -2.16. The summed E-state index contributed by atoms with van der Waals surface area (Å²) in [7, 11) is 1.87. The topological polar surface area (TPSA) is 73.6 Å². The molecule has 0 saturated carbocycles. The van der Waals surface area contributed by atoms with Crippen LogP contribution in [0, 0.1) is 0 Å². The Hall–Kier alpha value is -4.06. The van der Waals surface area contributed by atoms with Crippen molar-refractivity contribution in [3.05, 3.63) is 102 Å². The van der Waals surface area contributed by atoms with Gasteiger partial charge in [-0.05, 0) is 53.4 Å². The van der Waals surface area contributed by atoms with Gasteiger partial charge >= 0.3 is 5.97 Å². The summed E-state index contributed by atoms with van der Waals surface area (Å²) in [6.45, 7) is 3.06. The van der Waals surface area contributed by atoms with Crippen LogP contribution in [0.2, 0.25) is 0 Å². The Morgan fingerprint density at radius 2 is 1.74 bits per heavy atom. The number of aliphatic carboxylic acids is 1. The van der Waals surface area contributed by atoms with E-state index in [1.165, 1.54) is 0 Å². The molecule has 0 radical (unpaired) electrons. The van der Waals surface area contributed by atoms with Crippen LogP contribution in [-0.2, 0) is 18.4 Å². The summed E-state index contributed by atoms with van der Waals surface area (Å²) in [4.78, 5) is 15.8. The molecule has 1 heterocycles. The minimum atomic E-state index is -0.860. The van der Waals surface area contributed by atoms with Crippen LogP contribution in [0.3, 0.4) is 0 Å². The highest BCUT2D eigenvalue weighted by Gasteiger charge is 2.21. The highest BCUT2D eigenvalue weighted by molar-refractivity contribution is 5.69. The van der Waals surface area contributed by atoms with E-state index in [1.54, 1.807) is 6.20 Å². The fraction of sp³-hybridized carbons (Fsp3) is 0.214. The van der Waals surface area contributed by atoms with E-state index < -0.39 is 5.97 Å². The zero-order valence-corrected chi connectivity index (χ0v) is 19.3. The minimum Gasteiger partial charge on any atom is -0.494 e. The smallest absolute Gasteiger partial charge is 0.304 e. The van der Waals surface area contributed by atoms with E-state index in [0.717, 1.165) is 39.6 Å². The number of nitrogens with zero attached hydrogens (tertiary/aromatic N) is 2. The van der Waals surface area contributed by atoms with Crippen molar-refractivity contribution in [2.24, 2.45) is 7.05 Å². The molecule has 0 bridgehead atoms. The Kier molecular flexibility index (Phi) is 7.28. The van der Waals surface area contributed by atoms with Crippen LogP contribution in [0.25, 0.3) is 11.1 Å². The molecule has 0 amide bonds. The monoisotopic (exact) mass is 456 g/mol. The summed E-state index contributed by atoms with van der Waals surface area (Å²) in [5.74, 6) is 1.14. The Balaban J connectivity index is 1.41. The van der Waals surface area contributed by atoms with Gasteiger partial charge in [0.05, 0.1) is 18.9 Å². The van der Waals surface area contributed by atoms with Gasteiger partial charge in [0.15, 0.2) is 0 Å². The maximum absolute atomic E-state index is 11.4. The fourth-order valence-electron chi connectivity index (χ4n) is 3.93. The van der Waals surface area contributed by atoms with E-state index in [4.69, 9.17) is 9.47 Å². The van der Waals surface area contributed by atoms with Gasteiger partial charge in [0.25, 0.3) is 0 Å². The first kappa shape index (κ1) is 23.1. The number of hydrogen-bond donors (Lipinski definition) is 1. The Morgan fingerprint density at radius 1 is 0.971 bits per heavy atom. The number of hydrogen-bond acceptors (Lipinski definition) is 4. The number of carboxylic acids is 1. The number of rotatable bonds is 10. The minimum absolute atomic E-state index is 0.0229. The average Bonchev–Trinajstić information content (AvgIpc) is 3.28. The highest BCUT2D eigenvalue weighted by atomic mass is 16.5. The van der Waals surface area contributed by atoms with Gasteiger partial charge in [-0.25, -0.2) is 4.98 Å². The number of carbonyl (C=O) groups is 1. The summed E-state index contributed by atoms with van der Waals surface area (Å²) < 4.78 is 13.4. The second-order valence-corrected chi connectivity index (χ2v) is 8.06. The number of aryl methyl sites for hydroxylation is 1. The standard InChI is InChI=1S/C28H28N2O4/c1-3-33-25-6-4-5-23(17-25)21-9-7-20(8-10-21)19-34-24-13-11-22(12-14-24)26(18-27(31)32)28-29-15-16-30(28)2/h4-17,26H,3,18-19H2,1-2H3,(H,31,32)/t26-/m0/s1. The molecule has 34 heavy (non-hydrogen) atoms. The molecular weight excluding hydrogens is 428 g/mol. The molecule has 174 valence electrons. The van der Waals surface area contributed by atoms with Crippen LogP contribution >= 0.6 is 0 Å². The normalized spacial score (nSPS) is 11.7. The summed E-state index contributed by atoms with van der Waals surface area (Å²) in [5, 5.41) is 9.36. The van der Waals surface area contributed by atoms with Crippen LogP contribution in [0.1, 0.15) is 36.2 Å². The Bertz CT molecular complexity index is 1230. The van der Waals surface area contributed by atoms with Gasteiger partial charge in [0.2, 0.25) is 0 Å². The second kappa shape index (κ2) is 10.7. The third kappa shape index (κ3) is 5.64. The first-order chi connectivity index (χ1) is 16.5. The van der Waals surface area contributed by atoms with E-state index in [0.29, 0.717) is 13.2 Å². The SMILES string of the molecule is CCOc1cccc(-c2ccc(COc3ccc([C@H](CC(=O)O)c4nccn4C)cc3)cc2)c1. The van der Waals surface area contributed by atoms with Crippen LogP contribution in [-0.4, -0.2) is 27.2 Å². The molecule has 1 aromatic heterocycles. The van der Waals surface area contributed by atoms with E-state index in [1.807, 2.05) is 67.2 Å². The highest BCUT2D eigenvalue weighted by Crippen LogP contribution is 2.29. The van der Waals surface area contributed by atoms with Crippen molar-refractivity contribution in [2.75, 3.05) is 6.61 Å². The van der Waals surface area contributed by atoms with Crippen molar-refractivity contribution in [1.82, 2.24) is 9.55 Å². The largest absolute Gasteiger partial charge is 0.494 e. The maximum Gasteiger partial charge on any atom is 0.304 e. The molecule has 4 aromatic rings.